The molecular formula is C32H41N3O3S. The van der Waals surface area contributed by atoms with E-state index in [0.29, 0.717) is 24.3 Å². The smallest absolute Gasteiger partial charge is 0.259 e. The zero-order valence-corrected chi connectivity index (χ0v) is 24.3. The van der Waals surface area contributed by atoms with Crippen molar-refractivity contribution in [1.82, 2.24) is 5.32 Å². The predicted octanol–water partition coefficient (Wildman–Crippen LogP) is 6.08. The van der Waals surface area contributed by atoms with E-state index in [4.69, 9.17) is 5.14 Å². The minimum atomic E-state index is -3.37. The molecule has 0 aliphatic rings. The number of nitrogens with one attached hydrogen (secondary N) is 1. The van der Waals surface area contributed by atoms with Crippen LogP contribution in [0.15, 0.2) is 82.1 Å². The van der Waals surface area contributed by atoms with Gasteiger partial charge in [-0.15, -0.1) is 4.36 Å². The molecule has 0 aliphatic heterocycles. The molecule has 0 aromatic heterocycles. The molecule has 7 heteroatoms. The van der Waals surface area contributed by atoms with Gasteiger partial charge in [0.1, 0.15) is 9.92 Å². The normalized spacial score (nSPS) is 12.8. The SMILES string of the molecule is CC(C)c1cccc(C(C)C)c1CC(=O)N=S(N)(=O)c1ccc(CCNC(=O)CCCc2ccccc2)cc1. The van der Waals surface area contributed by atoms with Crippen molar-refractivity contribution in [2.75, 3.05) is 6.54 Å². The van der Waals surface area contributed by atoms with Gasteiger partial charge in [0.15, 0.2) is 0 Å². The summed E-state index contributed by atoms with van der Waals surface area (Å²) in [4.78, 5) is 25.4. The summed E-state index contributed by atoms with van der Waals surface area (Å²) >= 11 is 0. The zero-order chi connectivity index (χ0) is 28.4. The second kappa shape index (κ2) is 14.2. The maximum Gasteiger partial charge on any atom is 0.259 e. The van der Waals surface area contributed by atoms with Crippen molar-refractivity contribution >= 4 is 21.7 Å². The standard InChI is InChI=1S/C32H41N3O3S/c1-23(2)28-13-9-14-29(24(3)4)30(28)22-32(37)35-39(33,38)27-18-16-26(17-19-27)20-21-34-31(36)15-8-12-25-10-6-5-7-11-25/h5-7,9-11,13-14,16-19,23-24H,8,12,15,20-22H2,1-4H3,(H,34,36)(H2,33,35,37,38). The van der Waals surface area contributed by atoms with E-state index in [0.717, 1.165) is 35.1 Å². The number of nitrogens with zero attached hydrogens (tertiary/aromatic N) is 1. The van der Waals surface area contributed by atoms with Crippen molar-refractivity contribution in [3.8, 4) is 0 Å². The van der Waals surface area contributed by atoms with Gasteiger partial charge in [0.2, 0.25) is 5.91 Å². The van der Waals surface area contributed by atoms with E-state index in [-0.39, 0.29) is 24.2 Å². The van der Waals surface area contributed by atoms with Gasteiger partial charge in [0.25, 0.3) is 5.91 Å². The van der Waals surface area contributed by atoms with Crippen LogP contribution in [0.1, 0.15) is 80.2 Å². The van der Waals surface area contributed by atoms with E-state index in [1.54, 1.807) is 12.1 Å². The Kier molecular flexibility index (Phi) is 11.0. The van der Waals surface area contributed by atoms with Gasteiger partial charge in [-0.1, -0.05) is 88.4 Å². The van der Waals surface area contributed by atoms with Gasteiger partial charge in [-0.25, -0.2) is 9.35 Å². The maximum absolute atomic E-state index is 13.2. The van der Waals surface area contributed by atoms with E-state index in [1.807, 2.05) is 48.5 Å². The summed E-state index contributed by atoms with van der Waals surface area (Å²) < 4.78 is 17.1. The fourth-order valence-electron chi connectivity index (χ4n) is 4.68. The molecule has 0 bridgehead atoms. The lowest BCUT2D eigenvalue weighted by Gasteiger charge is -2.18. The third-order valence-corrected chi connectivity index (χ3v) is 8.19. The van der Waals surface area contributed by atoms with Crippen molar-refractivity contribution in [3.05, 3.63) is 101 Å². The van der Waals surface area contributed by atoms with Gasteiger partial charge >= 0.3 is 0 Å². The minimum Gasteiger partial charge on any atom is -0.356 e. The van der Waals surface area contributed by atoms with Gasteiger partial charge in [-0.2, -0.15) is 0 Å². The van der Waals surface area contributed by atoms with Crippen LogP contribution in [0.3, 0.4) is 0 Å². The van der Waals surface area contributed by atoms with Crippen LogP contribution in [0.2, 0.25) is 0 Å². The first-order valence-electron chi connectivity index (χ1n) is 13.7. The van der Waals surface area contributed by atoms with E-state index < -0.39 is 15.8 Å². The Bertz CT molecular complexity index is 1350. The van der Waals surface area contributed by atoms with Gasteiger partial charge in [0.05, 0.1) is 11.3 Å². The first kappa shape index (κ1) is 30.3. The Balaban J connectivity index is 1.56. The highest BCUT2D eigenvalue weighted by atomic mass is 32.2. The quantitative estimate of drug-likeness (QED) is 0.287. The number of aryl methyl sites for hydroxylation is 1. The van der Waals surface area contributed by atoms with E-state index in [1.165, 1.54) is 5.56 Å². The molecule has 0 aliphatic carbocycles. The largest absolute Gasteiger partial charge is 0.356 e. The first-order chi connectivity index (χ1) is 18.6. The number of hydrogen-bond donors (Lipinski definition) is 2. The molecule has 0 fully saturated rings. The Labute approximate surface area is 233 Å². The van der Waals surface area contributed by atoms with Crippen LogP contribution in [-0.2, 0) is 38.8 Å². The molecule has 0 radical (unpaired) electrons. The van der Waals surface area contributed by atoms with Crippen LogP contribution in [0, 0.1) is 0 Å². The zero-order valence-electron chi connectivity index (χ0n) is 23.5. The summed E-state index contributed by atoms with van der Waals surface area (Å²) in [6.45, 7) is 8.88. The van der Waals surface area contributed by atoms with Crippen LogP contribution >= 0.6 is 0 Å². The monoisotopic (exact) mass is 547 g/mol. The Hall–Kier alpha value is -3.29. The number of nitrogens with two attached hydrogens (primary N) is 1. The molecule has 0 spiro atoms. The number of carbonyl (C=O) groups is 2. The minimum absolute atomic E-state index is 0.0319. The molecule has 0 saturated carbocycles. The Morgan fingerprint density at radius 3 is 2.00 bits per heavy atom. The van der Waals surface area contributed by atoms with Gasteiger partial charge in [0, 0.05) is 13.0 Å². The molecular weight excluding hydrogens is 506 g/mol. The van der Waals surface area contributed by atoms with Crippen molar-refractivity contribution in [1.29, 1.82) is 0 Å². The van der Waals surface area contributed by atoms with Gasteiger partial charge in [-0.3, -0.25) is 9.59 Å². The second-order valence-electron chi connectivity index (χ2n) is 10.5. The Morgan fingerprint density at radius 2 is 1.41 bits per heavy atom. The maximum atomic E-state index is 13.2. The number of benzene rings is 3. The fourth-order valence-corrected chi connectivity index (χ4v) is 5.68. The summed E-state index contributed by atoms with van der Waals surface area (Å²) in [5, 5.41) is 9.00. The highest BCUT2D eigenvalue weighted by molar-refractivity contribution is 7.91. The van der Waals surface area contributed by atoms with Gasteiger partial charge < -0.3 is 5.32 Å². The molecule has 0 saturated heterocycles. The average Bonchev–Trinajstić information content (AvgIpc) is 2.89. The summed E-state index contributed by atoms with van der Waals surface area (Å²) in [5.41, 5.74) is 5.35. The average molecular weight is 548 g/mol. The topological polar surface area (TPSA) is 102 Å². The molecule has 0 heterocycles. The molecule has 3 aromatic carbocycles. The fraction of sp³-hybridized carbons (Fsp3) is 0.375. The molecule has 208 valence electrons. The van der Waals surface area contributed by atoms with E-state index in [2.05, 4.69) is 49.5 Å². The molecule has 6 nitrogen and oxygen atoms in total. The number of hydrogen-bond acceptors (Lipinski definition) is 3. The number of amides is 2. The summed E-state index contributed by atoms with van der Waals surface area (Å²) in [6, 6.07) is 23.1. The first-order valence-corrected chi connectivity index (χ1v) is 15.2. The lowest BCUT2D eigenvalue weighted by atomic mass is 9.87. The van der Waals surface area contributed by atoms with E-state index in [9.17, 15) is 13.8 Å². The highest BCUT2D eigenvalue weighted by Crippen LogP contribution is 2.28. The highest BCUT2D eigenvalue weighted by Gasteiger charge is 2.18. The molecule has 2 amide bonds. The predicted molar refractivity (Wildman–Crippen MR) is 159 cm³/mol. The molecule has 39 heavy (non-hydrogen) atoms. The van der Waals surface area contributed by atoms with Crippen LogP contribution < -0.4 is 10.5 Å². The van der Waals surface area contributed by atoms with Crippen LogP contribution in [0.5, 0.6) is 0 Å². The Morgan fingerprint density at radius 1 is 0.821 bits per heavy atom. The number of rotatable bonds is 12. The van der Waals surface area contributed by atoms with Crippen LogP contribution in [0.4, 0.5) is 0 Å². The van der Waals surface area contributed by atoms with Crippen LogP contribution in [0.25, 0.3) is 0 Å². The molecule has 1 atom stereocenters. The summed E-state index contributed by atoms with van der Waals surface area (Å²) in [6.07, 6.45) is 2.87. The lowest BCUT2D eigenvalue weighted by Crippen LogP contribution is -2.25. The second-order valence-corrected chi connectivity index (χ2v) is 12.3. The molecule has 3 aromatic rings. The third kappa shape index (κ3) is 9.15. The molecule has 3 rings (SSSR count). The van der Waals surface area contributed by atoms with Gasteiger partial charge in [-0.05, 0) is 71.0 Å². The summed E-state index contributed by atoms with van der Waals surface area (Å²) in [7, 11) is -3.37. The lowest BCUT2D eigenvalue weighted by molar-refractivity contribution is -0.121. The molecule has 1 unspecified atom stereocenters. The van der Waals surface area contributed by atoms with Crippen molar-refractivity contribution in [2.45, 2.75) is 76.5 Å². The molecule has 3 N–H and O–H groups in total. The van der Waals surface area contributed by atoms with Crippen molar-refractivity contribution in [2.24, 2.45) is 9.50 Å². The van der Waals surface area contributed by atoms with Crippen molar-refractivity contribution < 1.29 is 13.8 Å². The third-order valence-electron chi connectivity index (χ3n) is 6.77. The summed E-state index contributed by atoms with van der Waals surface area (Å²) in [5.74, 6) is 0.0433. The van der Waals surface area contributed by atoms with E-state index >= 15 is 0 Å². The number of carbonyl (C=O) groups excluding carboxylic acids is 2. The van der Waals surface area contributed by atoms with Crippen molar-refractivity contribution in [3.63, 3.8) is 0 Å². The van der Waals surface area contributed by atoms with Crippen LogP contribution in [-0.4, -0.2) is 22.6 Å².